The van der Waals surface area contributed by atoms with Crippen LogP contribution in [0.4, 0.5) is 0 Å². The number of nitrogens with zero attached hydrogens (tertiary/aromatic N) is 2. The SMILES string of the molecule is CCCC(Cc1c(Cl)c(C)nn1CC)NCC. The van der Waals surface area contributed by atoms with E-state index in [9.17, 15) is 0 Å². The molecule has 1 heterocycles. The van der Waals surface area contributed by atoms with E-state index in [1.165, 1.54) is 18.5 Å². The van der Waals surface area contributed by atoms with E-state index < -0.39 is 0 Å². The summed E-state index contributed by atoms with van der Waals surface area (Å²) in [5.74, 6) is 0. The summed E-state index contributed by atoms with van der Waals surface area (Å²) in [6.45, 7) is 10.3. The number of likely N-dealkylation sites (N-methyl/N-ethyl adjacent to an activating group) is 1. The molecular formula is C13H24ClN3. The molecule has 0 aliphatic rings. The maximum atomic E-state index is 6.33. The molecule has 0 aromatic carbocycles. The largest absolute Gasteiger partial charge is 0.314 e. The average Bonchev–Trinajstić information content (AvgIpc) is 2.57. The van der Waals surface area contributed by atoms with Gasteiger partial charge in [-0.3, -0.25) is 4.68 Å². The van der Waals surface area contributed by atoms with E-state index in [0.717, 1.165) is 30.2 Å². The third-order valence-corrected chi connectivity index (χ3v) is 3.51. The van der Waals surface area contributed by atoms with Crippen molar-refractivity contribution in [3.63, 3.8) is 0 Å². The van der Waals surface area contributed by atoms with Crippen LogP contribution in [0.25, 0.3) is 0 Å². The zero-order valence-corrected chi connectivity index (χ0v) is 12.1. The summed E-state index contributed by atoms with van der Waals surface area (Å²) < 4.78 is 2.03. The fourth-order valence-electron chi connectivity index (χ4n) is 2.21. The summed E-state index contributed by atoms with van der Waals surface area (Å²) in [4.78, 5) is 0. The second-order valence-electron chi connectivity index (χ2n) is 4.41. The minimum atomic E-state index is 0.504. The Labute approximate surface area is 110 Å². The van der Waals surface area contributed by atoms with Crippen LogP contribution < -0.4 is 5.32 Å². The van der Waals surface area contributed by atoms with E-state index in [1.807, 2.05) is 11.6 Å². The first-order chi connectivity index (χ1) is 8.13. The highest BCUT2D eigenvalue weighted by molar-refractivity contribution is 6.31. The molecule has 98 valence electrons. The van der Waals surface area contributed by atoms with Gasteiger partial charge in [0.15, 0.2) is 0 Å². The maximum absolute atomic E-state index is 6.33. The summed E-state index contributed by atoms with van der Waals surface area (Å²) >= 11 is 6.33. The van der Waals surface area contributed by atoms with Gasteiger partial charge in [-0.25, -0.2) is 0 Å². The zero-order valence-electron chi connectivity index (χ0n) is 11.4. The highest BCUT2D eigenvalue weighted by Crippen LogP contribution is 2.22. The molecule has 1 aromatic rings. The molecular weight excluding hydrogens is 234 g/mol. The van der Waals surface area contributed by atoms with Crippen LogP contribution in [-0.4, -0.2) is 22.4 Å². The van der Waals surface area contributed by atoms with E-state index in [2.05, 4.69) is 31.2 Å². The Morgan fingerprint density at radius 1 is 1.35 bits per heavy atom. The molecule has 0 fully saturated rings. The van der Waals surface area contributed by atoms with Crippen molar-refractivity contribution in [1.29, 1.82) is 0 Å². The Hall–Kier alpha value is -0.540. The Bertz CT molecular complexity index is 341. The van der Waals surface area contributed by atoms with E-state index in [4.69, 9.17) is 11.6 Å². The second-order valence-corrected chi connectivity index (χ2v) is 4.79. The molecule has 17 heavy (non-hydrogen) atoms. The zero-order chi connectivity index (χ0) is 12.8. The lowest BCUT2D eigenvalue weighted by molar-refractivity contribution is 0.467. The standard InChI is InChI=1S/C13H24ClN3/c1-5-8-11(15-6-2)9-12-13(14)10(4)16-17(12)7-3/h11,15H,5-9H2,1-4H3. The monoisotopic (exact) mass is 257 g/mol. The molecule has 1 unspecified atom stereocenters. The highest BCUT2D eigenvalue weighted by atomic mass is 35.5. The first-order valence-electron chi connectivity index (χ1n) is 6.59. The van der Waals surface area contributed by atoms with Crippen LogP contribution >= 0.6 is 11.6 Å². The van der Waals surface area contributed by atoms with Crippen LogP contribution in [0, 0.1) is 6.92 Å². The molecule has 0 spiro atoms. The van der Waals surface area contributed by atoms with Gasteiger partial charge in [-0.15, -0.1) is 0 Å². The van der Waals surface area contributed by atoms with E-state index in [1.54, 1.807) is 0 Å². The normalized spacial score (nSPS) is 13.0. The van der Waals surface area contributed by atoms with Crippen LogP contribution in [0.1, 0.15) is 45.0 Å². The summed E-state index contributed by atoms with van der Waals surface area (Å²) in [7, 11) is 0. The Kier molecular flexibility index (Phi) is 6.00. The summed E-state index contributed by atoms with van der Waals surface area (Å²) in [6.07, 6.45) is 3.34. The predicted octanol–water partition coefficient (Wildman–Crippen LogP) is 3.19. The third-order valence-electron chi connectivity index (χ3n) is 3.02. The lowest BCUT2D eigenvalue weighted by Crippen LogP contribution is -2.31. The van der Waals surface area contributed by atoms with Crippen molar-refractivity contribution in [3.05, 3.63) is 16.4 Å². The van der Waals surface area contributed by atoms with Crippen LogP contribution in [0.15, 0.2) is 0 Å². The van der Waals surface area contributed by atoms with Gasteiger partial charge in [0, 0.05) is 19.0 Å². The Morgan fingerprint density at radius 3 is 2.59 bits per heavy atom. The van der Waals surface area contributed by atoms with Gasteiger partial charge in [0.25, 0.3) is 0 Å². The van der Waals surface area contributed by atoms with Crippen molar-refractivity contribution in [2.45, 2.75) is 59.5 Å². The summed E-state index contributed by atoms with van der Waals surface area (Å²) in [5.41, 5.74) is 2.11. The molecule has 0 saturated carbocycles. The van der Waals surface area contributed by atoms with Crippen LogP contribution in [0.3, 0.4) is 0 Å². The summed E-state index contributed by atoms with van der Waals surface area (Å²) in [5, 5.41) is 8.82. The smallest absolute Gasteiger partial charge is 0.0847 e. The van der Waals surface area contributed by atoms with Gasteiger partial charge < -0.3 is 5.32 Å². The van der Waals surface area contributed by atoms with Gasteiger partial charge in [0.2, 0.25) is 0 Å². The minimum absolute atomic E-state index is 0.504. The number of aromatic nitrogens is 2. The van der Waals surface area contributed by atoms with Crippen LogP contribution in [0.2, 0.25) is 5.02 Å². The number of aryl methyl sites for hydroxylation is 2. The van der Waals surface area contributed by atoms with Crippen molar-refractivity contribution in [1.82, 2.24) is 15.1 Å². The van der Waals surface area contributed by atoms with Gasteiger partial charge in [0.05, 0.1) is 16.4 Å². The number of nitrogens with one attached hydrogen (secondary N) is 1. The van der Waals surface area contributed by atoms with Gasteiger partial charge in [-0.1, -0.05) is 31.9 Å². The molecule has 3 nitrogen and oxygen atoms in total. The van der Waals surface area contributed by atoms with Crippen molar-refractivity contribution >= 4 is 11.6 Å². The van der Waals surface area contributed by atoms with E-state index >= 15 is 0 Å². The van der Waals surface area contributed by atoms with E-state index in [0.29, 0.717) is 6.04 Å². The second kappa shape index (κ2) is 7.02. The maximum Gasteiger partial charge on any atom is 0.0847 e. The molecule has 1 atom stereocenters. The van der Waals surface area contributed by atoms with Gasteiger partial charge >= 0.3 is 0 Å². The predicted molar refractivity (Wildman–Crippen MR) is 73.7 cm³/mol. The van der Waals surface area contributed by atoms with E-state index in [-0.39, 0.29) is 0 Å². The number of hydrogen-bond donors (Lipinski definition) is 1. The minimum Gasteiger partial charge on any atom is -0.314 e. The fourth-order valence-corrected chi connectivity index (χ4v) is 2.42. The fraction of sp³-hybridized carbons (Fsp3) is 0.769. The van der Waals surface area contributed by atoms with Crippen LogP contribution in [0.5, 0.6) is 0 Å². The Morgan fingerprint density at radius 2 is 2.06 bits per heavy atom. The van der Waals surface area contributed by atoms with Crippen molar-refractivity contribution < 1.29 is 0 Å². The van der Waals surface area contributed by atoms with Gasteiger partial charge in [0.1, 0.15) is 0 Å². The van der Waals surface area contributed by atoms with Gasteiger partial charge in [-0.05, 0) is 26.8 Å². The molecule has 0 radical (unpaired) electrons. The molecule has 1 aromatic heterocycles. The number of hydrogen-bond acceptors (Lipinski definition) is 2. The van der Waals surface area contributed by atoms with Crippen molar-refractivity contribution in [2.75, 3.05) is 6.54 Å². The van der Waals surface area contributed by atoms with Crippen molar-refractivity contribution in [3.8, 4) is 0 Å². The average molecular weight is 258 g/mol. The number of rotatable bonds is 7. The quantitative estimate of drug-likeness (QED) is 0.813. The lowest BCUT2D eigenvalue weighted by atomic mass is 10.1. The summed E-state index contributed by atoms with van der Waals surface area (Å²) in [6, 6.07) is 0.504. The Balaban J connectivity index is 2.83. The molecule has 0 aliphatic carbocycles. The topological polar surface area (TPSA) is 29.9 Å². The molecule has 0 bridgehead atoms. The number of halogens is 1. The molecule has 4 heteroatoms. The molecule has 0 aliphatic heterocycles. The lowest BCUT2D eigenvalue weighted by Gasteiger charge is -2.17. The molecule has 1 N–H and O–H groups in total. The highest BCUT2D eigenvalue weighted by Gasteiger charge is 2.16. The molecule has 0 saturated heterocycles. The molecule has 1 rings (SSSR count). The van der Waals surface area contributed by atoms with Crippen LogP contribution in [-0.2, 0) is 13.0 Å². The molecule has 0 amide bonds. The first-order valence-corrected chi connectivity index (χ1v) is 6.96. The first kappa shape index (κ1) is 14.5. The third kappa shape index (κ3) is 3.71. The van der Waals surface area contributed by atoms with Crippen molar-refractivity contribution in [2.24, 2.45) is 0 Å². The van der Waals surface area contributed by atoms with Gasteiger partial charge in [-0.2, -0.15) is 5.10 Å².